The molecule has 0 aliphatic rings. The molecule has 0 saturated carbocycles. The molecule has 0 aliphatic carbocycles. The molecule has 2 heteroatoms. The molecule has 2 nitrogen and oxygen atoms in total. The van der Waals surface area contributed by atoms with E-state index in [9.17, 15) is 0 Å². The van der Waals surface area contributed by atoms with Crippen molar-refractivity contribution in [3.8, 4) is 12.3 Å². The molecule has 1 unspecified atom stereocenters. The maximum atomic E-state index is 8.85. The third kappa shape index (κ3) is 8.89. The Morgan fingerprint density at radius 3 is 2.36 bits per heavy atom. The van der Waals surface area contributed by atoms with Gasteiger partial charge in [0.25, 0.3) is 0 Å². The first kappa shape index (κ1) is 12.8. The summed E-state index contributed by atoms with van der Waals surface area (Å²) in [5.41, 5.74) is 0. The van der Waals surface area contributed by atoms with E-state index < -0.39 is 6.10 Å². The number of hydrogen-bond acceptors (Lipinski definition) is 2. The van der Waals surface area contributed by atoms with Crippen LogP contribution < -0.4 is 0 Å². The molecule has 0 aliphatic heterocycles. The highest BCUT2D eigenvalue weighted by Crippen LogP contribution is 2.01. The van der Waals surface area contributed by atoms with Gasteiger partial charge in [-0.3, -0.25) is 0 Å². The minimum absolute atomic E-state index is 0.517. The fraction of sp³-hybridized carbons (Fsp3) is 0.500. The van der Waals surface area contributed by atoms with Gasteiger partial charge in [-0.25, -0.2) is 0 Å². The number of aliphatic hydroxyl groups is 1. The first-order valence-corrected chi connectivity index (χ1v) is 4.92. The first-order chi connectivity index (χ1) is 6.81. The smallest absolute Gasteiger partial charge is 0.114 e. The summed E-state index contributed by atoms with van der Waals surface area (Å²) in [5.74, 6) is 2.28. The lowest BCUT2D eigenvalue weighted by Crippen LogP contribution is -2.00. The highest BCUT2D eigenvalue weighted by Gasteiger charge is 1.95. The Morgan fingerprint density at radius 2 is 2.00 bits per heavy atom. The zero-order valence-corrected chi connectivity index (χ0v) is 8.65. The molecule has 0 saturated heterocycles. The second-order valence-electron chi connectivity index (χ2n) is 2.97. The van der Waals surface area contributed by atoms with Gasteiger partial charge in [0.2, 0.25) is 0 Å². The van der Waals surface area contributed by atoms with Crippen LogP contribution in [-0.4, -0.2) is 11.2 Å². The number of aliphatic hydroxyl groups excluding tert-OH is 1. The van der Waals surface area contributed by atoms with E-state index in [0.29, 0.717) is 0 Å². The molecule has 1 aromatic rings. The number of terminal acetylenes is 1. The van der Waals surface area contributed by atoms with Gasteiger partial charge < -0.3 is 9.52 Å². The lowest BCUT2D eigenvalue weighted by atomic mass is 10.1. The number of rotatable bonds is 4. The van der Waals surface area contributed by atoms with Crippen LogP contribution in [0.25, 0.3) is 0 Å². The van der Waals surface area contributed by atoms with Crippen LogP contribution in [0.2, 0.25) is 0 Å². The summed E-state index contributed by atoms with van der Waals surface area (Å²) in [6.07, 6.45) is 11.8. The molecule has 14 heavy (non-hydrogen) atoms. The van der Waals surface area contributed by atoms with Crippen molar-refractivity contribution in [3.63, 3.8) is 0 Å². The summed E-state index contributed by atoms with van der Waals surface area (Å²) in [5, 5.41) is 8.85. The summed E-state index contributed by atoms with van der Waals surface area (Å²) in [6, 6.07) is 3.67. The number of furan rings is 1. The van der Waals surface area contributed by atoms with Gasteiger partial charge in [-0.2, -0.15) is 0 Å². The maximum absolute atomic E-state index is 8.85. The van der Waals surface area contributed by atoms with E-state index >= 15 is 0 Å². The van der Waals surface area contributed by atoms with Crippen molar-refractivity contribution in [1.82, 2.24) is 0 Å². The van der Waals surface area contributed by atoms with Gasteiger partial charge in [0.05, 0.1) is 12.5 Å². The predicted molar refractivity (Wildman–Crippen MR) is 57.7 cm³/mol. The summed E-state index contributed by atoms with van der Waals surface area (Å²) >= 11 is 0. The van der Waals surface area contributed by atoms with Gasteiger partial charge >= 0.3 is 0 Å². The van der Waals surface area contributed by atoms with Crippen LogP contribution in [-0.2, 0) is 0 Å². The third-order valence-corrected chi connectivity index (χ3v) is 1.70. The Morgan fingerprint density at radius 1 is 1.36 bits per heavy atom. The molecule has 0 fully saturated rings. The third-order valence-electron chi connectivity index (χ3n) is 1.70. The van der Waals surface area contributed by atoms with E-state index in [0.717, 1.165) is 12.8 Å². The van der Waals surface area contributed by atoms with Crippen molar-refractivity contribution in [3.05, 3.63) is 24.7 Å². The van der Waals surface area contributed by atoms with E-state index in [-0.39, 0.29) is 0 Å². The van der Waals surface area contributed by atoms with E-state index in [2.05, 4.69) is 17.3 Å². The number of unbranched alkanes of at least 4 members (excludes halogenated alkanes) is 2. The first-order valence-electron chi connectivity index (χ1n) is 4.92. The minimum atomic E-state index is -0.517. The molecule has 1 aromatic heterocycles. The normalized spacial score (nSPS) is 10.9. The SMILES string of the molecule is C#CC(O)CCCCC.c1ccoc1. The number of hydrogen-bond donors (Lipinski definition) is 1. The molecular formula is C12H18O2. The molecule has 1 rings (SSSR count). The molecule has 1 N–H and O–H groups in total. The van der Waals surface area contributed by atoms with E-state index in [1.165, 1.54) is 12.8 Å². The minimum Gasteiger partial charge on any atom is -0.473 e. The summed E-state index contributed by atoms with van der Waals surface area (Å²) in [6.45, 7) is 2.13. The molecule has 1 atom stereocenters. The average molecular weight is 194 g/mol. The lowest BCUT2D eigenvalue weighted by Gasteiger charge is -1.99. The van der Waals surface area contributed by atoms with Crippen LogP contribution in [0.3, 0.4) is 0 Å². The molecule has 0 spiro atoms. The van der Waals surface area contributed by atoms with E-state index in [1.807, 2.05) is 12.1 Å². The largest absolute Gasteiger partial charge is 0.473 e. The summed E-state index contributed by atoms with van der Waals surface area (Å²) in [4.78, 5) is 0. The van der Waals surface area contributed by atoms with Gasteiger partial charge in [-0.05, 0) is 25.0 Å². The van der Waals surface area contributed by atoms with Crippen molar-refractivity contribution in [2.24, 2.45) is 0 Å². The van der Waals surface area contributed by atoms with Crippen molar-refractivity contribution >= 4 is 0 Å². The molecule has 0 radical (unpaired) electrons. The van der Waals surface area contributed by atoms with Crippen molar-refractivity contribution in [2.45, 2.75) is 38.7 Å². The van der Waals surface area contributed by atoms with Crippen LogP contribution in [0, 0.1) is 12.3 Å². The van der Waals surface area contributed by atoms with Crippen molar-refractivity contribution < 1.29 is 9.52 Å². The van der Waals surface area contributed by atoms with E-state index in [1.54, 1.807) is 12.5 Å². The summed E-state index contributed by atoms with van der Waals surface area (Å²) < 4.78 is 4.58. The fourth-order valence-electron chi connectivity index (χ4n) is 0.898. The van der Waals surface area contributed by atoms with Gasteiger partial charge in [-0.15, -0.1) is 6.42 Å². The Kier molecular flexibility index (Phi) is 9.04. The monoisotopic (exact) mass is 194 g/mol. The average Bonchev–Trinajstić information content (AvgIpc) is 2.76. The standard InChI is InChI=1S/C8H14O.C4H4O/c1-3-5-6-7-8(9)4-2;1-2-4-5-3-1/h2,8-9H,3,5-7H2,1H3;1-4H. The molecule has 0 aromatic carbocycles. The topological polar surface area (TPSA) is 33.4 Å². The van der Waals surface area contributed by atoms with Gasteiger partial charge in [0.15, 0.2) is 0 Å². The van der Waals surface area contributed by atoms with Gasteiger partial charge in [0, 0.05) is 0 Å². The maximum Gasteiger partial charge on any atom is 0.114 e. The Bertz CT molecular complexity index is 204. The summed E-state index contributed by atoms with van der Waals surface area (Å²) in [7, 11) is 0. The fourth-order valence-corrected chi connectivity index (χ4v) is 0.898. The molecule has 78 valence electrons. The van der Waals surface area contributed by atoms with Crippen LogP contribution in [0.15, 0.2) is 29.1 Å². The lowest BCUT2D eigenvalue weighted by molar-refractivity contribution is 0.217. The van der Waals surface area contributed by atoms with Crippen LogP contribution >= 0.6 is 0 Å². The van der Waals surface area contributed by atoms with Gasteiger partial charge in [0.1, 0.15) is 6.10 Å². The molecule has 0 bridgehead atoms. The Hall–Kier alpha value is -1.20. The van der Waals surface area contributed by atoms with Crippen LogP contribution in [0.1, 0.15) is 32.6 Å². The van der Waals surface area contributed by atoms with E-state index in [4.69, 9.17) is 11.5 Å². The predicted octanol–water partition coefficient (Wildman–Crippen LogP) is 2.84. The van der Waals surface area contributed by atoms with Gasteiger partial charge in [-0.1, -0.05) is 25.7 Å². The molecular weight excluding hydrogens is 176 g/mol. The molecule has 0 amide bonds. The Labute approximate surface area is 85.9 Å². The van der Waals surface area contributed by atoms with Crippen molar-refractivity contribution in [2.75, 3.05) is 0 Å². The van der Waals surface area contributed by atoms with Crippen LogP contribution in [0.4, 0.5) is 0 Å². The Balaban J connectivity index is 0.000000280. The second-order valence-corrected chi connectivity index (χ2v) is 2.97. The zero-order chi connectivity index (χ0) is 10.6. The zero-order valence-electron chi connectivity index (χ0n) is 8.65. The van der Waals surface area contributed by atoms with Crippen LogP contribution in [0.5, 0.6) is 0 Å². The highest BCUT2D eigenvalue weighted by atomic mass is 16.3. The molecule has 1 heterocycles. The van der Waals surface area contributed by atoms with Crippen molar-refractivity contribution in [1.29, 1.82) is 0 Å². The quantitative estimate of drug-likeness (QED) is 0.590. The highest BCUT2D eigenvalue weighted by molar-refractivity contribution is 4.92. The second kappa shape index (κ2) is 9.88.